The van der Waals surface area contributed by atoms with Crippen LogP contribution in [0.25, 0.3) is 0 Å². The summed E-state index contributed by atoms with van der Waals surface area (Å²) in [4.78, 5) is 36.8. The van der Waals surface area contributed by atoms with Gasteiger partial charge in [0.25, 0.3) is 11.8 Å². The van der Waals surface area contributed by atoms with Crippen molar-refractivity contribution in [2.75, 3.05) is 31.1 Å². The van der Waals surface area contributed by atoms with Crippen molar-refractivity contribution in [1.82, 2.24) is 14.9 Å². The Morgan fingerprint density at radius 2 is 2.00 bits per heavy atom. The third-order valence-electron chi connectivity index (χ3n) is 5.58. The Hall–Kier alpha value is -2.87. The van der Waals surface area contributed by atoms with Gasteiger partial charge in [0.1, 0.15) is 18.2 Å². The molecule has 0 N–H and O–H groups in total. The van der Waals surface area contributed by atoms with Crippen molar-refractivity contribution in [2.24, 2.45) is 0 Å². The number of likely N-dealkylation sites (tertiary alicyclic amines) is 1. The van der Waals surface area contributed by atoms with Gasteiger partial charge in [0.15, 0.2) is 0 Å². The van der Waals surface area contributed by atoms with Crippen molar-refractivity contribution in [3.05, 3.63) is 53.9 Å². The number of hydrogen-bond acceptors (Lipinski definition) is 5. The minimum Gasteiger partial charge on any atom is -0.363 e. The van der Waals surface area contributed by atoms with Crippen LogP contribution in [0.2, 0.25) is 0 Å². The highest BCUT2D eigenvalue weighted by Crippen LogP contribution is 2.33. The molecule has 3 heterocycles. The molecule has 4 rings (SSSR count). The molecule has 0 radical (unpaired) electrons. The van der Waals surface area contributed by atoms with Gasteiger partial charge in [0.2, 0.25) is 0 Å². The van der Waals surface area contributed by atoms with Crippen molar-refractivity contribution in [3.63, 3.8) is 0 Å². The van der Waals surface area contributed by atoms with Crippen LogP contribution in [0.4, 0.5) is 10.1 Å². The van der Waals surface area contributed by atoms with E-state index in [-0.39, 0.29) is 24.2 Å². The second kappa shape index (κ2) is 7.87. The van der Waals surface area contributed by atoms with Crippen molar-refractivity contribution in [1.29, 1.82) is 0 Å². The number of aryl methyl sites for hydroxylation is 1. The Bertz CT molecular complexity index is 920. The number of aromatic nitrogens is 2. The maximum Gasteiger partial charge on any atom is 0.256 e. The zero-order valence-corrected chi connectivity index (χ0v) is 16.3. The van der Waals surface area contributed by atoms with Gasteiger partial charge in [-0.15, -0.1) is 0 Å². The van der Waals surface area contributed by atoms with Gasteiger partial charge < -0.3 is 14.5 Å². The van der Waals surface area contributed by atoms with Gasteiger partial charge in [0, 0.05) is 31.2 Å². The first-order chi connectivity index (χ1) is 14.0. The van der Waals surface area contributed by atoms with E-state index in [9.17, 15) is 14.0 Å². The van der Waals surface area contributed by atoms with Crippen LogP contribution in [0, 0.1) is 12.7 Å². The van der Waals surface area contributed by atoms with Crippen LogP contribution in [-0.4, -0.2) is 58.5 Å². The van der Waals surface area contributed by atoms with Gasteiger partial charge in [-0.05, 0) is 44.4 Å². The molecule has 1 unspecified atom stereocenters. The van der Waals surface area contributed by atoms with Crippen molar-refractivity contribution in [3.8, 4) is 0 Å². The molecule has 0 aliphatic carbocycles. The summed E-state index contributed by atoms with van der Waals surface area (Å²) in [6, 6.07) is 6.04. The number of hydrogen-bond donors (Lipinski definition) is 0. The van der Waals surface area contributed by atoms with E-state index in [0.29, 0.717) is 43.1 Å². The molecule has 2 aliphatic heterocycles. The summed E-state index contributed by atoms with van der Waals surface area (Å²) in [6.45, 7) is 3.20. The Balaban J connectivity index is 1.48. The highest BCUT2D eigenvalue weighted by atomic mass is 19.1. The molecule has 7 nitrogen and oxygen atoms in total. The van der Waals surface area contributed by atoms with Crippen LogP contribution in [0.1, 0.15) is 35.4 Å². The zero-order valence-electron chi connectivity index (χ0n) is 16.3. The summed E-state index contributed by atoms with van der Waals surface area (Å²) >= 11 is 0. The van der Waals surface area contributed by atoms with Gasteiger partial charge in [-0.2, -0.15) is 0 Å². The van der Waals surface area contributed by atoms with Crippen LogP contribution in [0.3, 0.4) is 0 Å². The summed E-state index contributed by atoms with van der Waals surface area (Å²) < 4.78 is 19.6. The normalized spacial score (nSPS) is 22.6. The maximum absolute atomic E-state index is 13.7. The smallest absolute Gasteiger partial charge is 0.256 e. The monoisotopic (exact) mass is 398 g/mol. The van der Waals surface area contributed by atoms with Crippen LogP contribution >= 0.6 is 0 Å². The number of halogens is 1. The molecule has 2 aromatic rings. The van der Waals surface area contributed by atoms with Gasteiger partial charge in [-0.3, -0.25) is 9.59 Å². The molecule has 8 heteroatoms. The summed E-state index contributed by atoms with van der Waals surface area (Å²) in [5.41, 5.74) is 0.457. The van der Waals surface area contributed by atoms with Crippen LogP contribution in [-0.2, 0) is 9.53 Å². The average molecular weight is 398 g/mol. The lowest BCUT2D eigenvalue weighted by atomic mass is 9.92. The Labute approximate surface area is 168 Å². The summed E-state index contributed by atoms with van der Waals surface area (Å²) in [5.74, 6) is -0.0472. The molecular weight excluding hydrogens is 375 g/mol. The fourth-order valence-corrected chi connectivity index (χ4v) is 3.95. The summed E-state index contributed by atoms with van der Waals surface area (Å²) in [5, 5.41) is 0. The quantitative estimate of drug-likeness (QED) is 0.776. The minimum absolute atomic E-state index is 0.0454. The number of carbonyl (C=O) groups is 2. The minimum atomic E-state index is -0.543. The number of anilines is 1. The SMILES string of the molecule is Cc1ncc(C(=O)N2CCCC3(CC2)CN(c2cccc(F)c2)C(=O)CO3)cn1. The van der Waals surface area contributed by atoms with E-state index in [1.54, 1.807) is 41.2 Å². The van der Waals surface area contributed by atoms with Gasteiger partial charge >= 0.3 is 0 Å². The molecule has 1 atom stereocenters. The second-order valence-corrected chi connectivity index (χ2v) is 7.60. The molecule has 1 aromatic carbocycles. The molecule has 1 aromatic heterocycles. The molecule has 2 fully saturated rings. The van der Waals surface area contributed by atoms with Crippen molar-refractivity contribution >= 4 is 17.5 Å². The number of rotatable bonds is 2. The van der Waals surface area contributed by atoms with E-state index >= 15 is 0 Å². The highest BCUT2D eigenvalue weighted by molar-refractivity contribution is 5.95. The van der Waals surface area contributed by atoms with E-state index in [2.05, 4.69) is 9.97 Å². The topological polar surface area (TPSA) is 75.6 Å². The predicted molar refractivity (Wildman–Crippen MR) is 104 cm³/mol. The first-order valence-corrected chi connectivity index (χ1v) is 9.74. The first-order valence-electron chi connectivity index (χ1n) is 9.74. The largest absolute Gasteiger partial charge is 0.363 e. The lowest BCUT2D eigenvalue weighted by Crippen LogP contribution is -2.55. The van der Waals surface area contributed by atoms with E-state index in [1.807, 2.05) is 0 Å². The second-order valence-electron chi connectivity index (χ2n) is 7.60. The third kappa shape index (κ3) is 4.12. The van der Waals surface area contributed by atoms with E-state index in [4.69, 9.17) is 4.74 Å². The molecule has 29 heavy (non-hydrogen) atoms. The van der Waals surface area contributed by atoms with E-state index in [1.165, 1.54) is 12.1 Å². The Morgan fingerprint density at radius 1 is 1.21 bits per heavy atom. The summed E-state index contributed by atoms with van der Waals surface area (Å²) in [6.07, 6.45) is 5.17. The zero-order chi connectivity index (χ0) is 20.4. The Kier molecular flexibility index (Phi) is 5.27. The average Bonchev–Trinajstić information content (AvgIpc) is 2.93. The van der Waals surface area contributed by atoms with Crippen LogP contribution < -0.4 is 4.90 Å². The van der Waals surface area contributed by atoms with Crippen molar-refractivity contribution < 1.29 is 18.7 Å². The Morgan fingerprint density at radius 3 is 2.76 bits per heavy atom. The highest BCUT2D eigenvalue weighted by Gasteiger charge is 2.42. The van der Waals surface area contributed by atoms with Gasteiger partial charge in [-0.1, -0.05) is 6.07 Å². The number of morpholine rings is 1. The van der Waals surface area contributed by atoms with Crippen LogP contribution in [0.15, 0.2) is 36.7 Å². The number of benzene rings is 1. The molecule has 2 saturated heterocycles. The number of nitrogens with zero attached hydrogens (tertiary/aromatic N) is 4. The fourth-order valence-electron chi connectivity index (χ4n) is 3.95. The molecule has 0 bridgehead atoms. The number of amides is 2. The third-order valence-corrected chi connectivity index (χ3v) is 5.58. The standard InChI is InChI=1S/C21H23FN4O3/c1-15-23-11-16(12-24-15)20(28)25-8-3-6-21(7-9-25)14-26(19(27)13-29-21)18-5-2-4-17(22)10-18/h2,4-5,10-12H,3,6-9,13-14H2,1H3. The maximum atomic E-state index is 13.7. The van der Waals surface area contributed by atoms with Gasteiger partial charge in [-0.25, -0.2) is 14.4 Å². The number of carbonyl (C=O) groups excluding carboxylic acids is 2. The molecule has 152 valence electrons. The van der Waals surface area contributed by atoms with E-state index in [0.717, 1.165) is 12.8 Å². The van der Waals surface area contributed by atoms with E-state index < -0.39 is 5.60 Å². The first kappa shape index (κ1) is 19.4. The molecule has 2 aliphatic rings. The molecule has 2 amide bonds. The lowest BCUT2D eigenvalue weighted by molar-refractivity contribution is -0.140. The van der Waals surface area contributed by atoms with Gasteiger partial charge in [0.05, 0.1) is 17.7 Å². The summed E-state index contributed by atoms with van der Waals surface area (Å²) in [7, 11) is 0. The molecule has 0 saturated carbocycles. The fraction of sp³-hybridized carbons (Fsp3) is 0.429. The van der Waals surface area contributed by atoms with Crippen LogP contribution in [0.5, 0.6) is 0 Å². The molecule has 1 spiro atoms. The molecular formula is C21H23FN4O3. The van der Waals surface area contributed by atoms with Crippen molar-refractivity contribution in [2.45, 2.75) is 31.8 Å². The predicted octanol–water partition coefficient (Wildman–Crippen LogP) is 2.35. The lowest BCUT2D eigenvalue weighted by Gasteiger charge is -2.42. The number of ether oxygens (including phenoxy) is 1.